The van der Waals surface area contributed by atoms with Gasteiger partial charge in [0.25, 0.3) is 15.9 Å². The molecular formula is C21H16Cl3N3O3S. The molecule has 31 heavy (non-hydrogen) atoms. The molecule has 0 fully saturated rings. The third-order valence-corrected chi connectivity index (χ3v) is 6.86. The van der Waals surface area contributed by atoms with Crippen LogP contribution >= 0.6 is 34.8 Å². The lowest BCUT2D eigenvalue weighted by Gasteiger charge is -2.23. The van der Waals surface area contributed by atoms with Gasteiger partial charge in [-0.2, -0.15) is 5.10 Å². The average Bonchev–Trinajstić information content (AvgIpc) is 2.76. The number of nitrogens with zero attached hydrogens (tertiary/aromatic N) is 2. The van der Waals surface area contributed by atoms with E-state index >= 15 is 0 Å². The first-order valence-corrected chi connectivity index (χ1v) is 11.4. The third-order valence-electron chi connectivity index (χ3n) is 4.08. The summed E-state index contributed by atoms with van der Waals surface area (Å²) in [6.45, 7) is -0.489. The Balaban J connectivity index is 1.81. The minimum Gasteiger partial charge on any atom is -0.271 e. The van der Waals surface area contributed by atoms with E-state index in [0.29, 0.717) is 20.6 Å². The zero-order valence-corrected chi connectivity index (χ0v) is 19.0. The molecule has 0 saturated carbocycles. The number of amides is 1. The van der Waals surface area contributed by atoms with Crippen LogP contribution in [-0.2, 0) is 14.8 Å². The fourth-order valence-corrected chi connectivity index (χ4v) is 4.45. The van der Waals surface area contributed by atoms with Crippen LogP contribution in [0.2, 0.25) is 15.1 Å². The third kappa shape index (κ3) is 5.98. The van der Waals surface area contributed by atoms with Gasteiger partial charge in [0, 0.05) is 5.02 Å². The van der Waals surface area contributed by atoms with E-state index in [0.717, 1.165) is 4.31 Å². The van der Waals surface area contributed by atoms with Crippen LogP contribution in [0.5, 0.6) is 0 Å². The van der Waals surface area contributed by atoms with Gasteiger partial charge in [0.1, 0.15) is 6.54 Å². The van der Waals surface area contributed by atoms with Gasteiger partial charge in [0.2, 0.25) is 0 Å². The molecule has 0 radical (unpaired) electrons. The van der Waals surface area contributed by atoms with E-state index in [1.165, 1.54) is 30.5 Å². The highest BCUT2D eigenvalue weighted by Gasteiger charge is 2.27. The lowest BCUT2D eigenvalue weighted by Crippen LogP contribution is -2.39. The van der Waals surface area contributed by atoms with Crippen molar-refractivity contribution in [1.82, 2.24) is 5.43 Å². The van der Waals surface area contributed by atoms with Crippen molar-refractivity contribution in [2.24, 2.45) is 5.10 Å². The first-order chi connectivity index (χ1) is 14.8. The number of rotatable bonds is 7. The molecular weight excluding hydrogens is 481 g/mol. The highest BCUT2D eigenvalue weighted by atomic mass is 35.5. The summed E-state index contributed by atoms with van der Waals surface area (Å²) in [4.78, 5) is 12.5. The minimum atomic E-state index is -4.00. The maximum absolute atomic E-state index is 13.2. The molecule has 0 aliphatic heterocycles. The van der Waals surface area contributed by atoms with Gasteiger partial charge in [0.05, 0.1) is 26.8 Å². The van der Waals surface area contributed by atoms with Gasteiger partial charge in [-0.1, -0.05) is 59.1 Å². The first kappa shape index (κ1) is 23.1. The Labute approximate surface area is 195 Å². The van der Waals surface area contributed by atoms with Crippen molar-refractivity contribution in [3.8, 4) is 0 Å². The molecule has 3 aromatic rings. The van der Waals surface area contributed by atoms with Gasteiger partial charge in [-0.05, 0) is 54.1 Å². The van der Waals surface area contributed by atoms with Crippen LogP contribution in [0, 0.1) is 0 Å². The van der Waals surface area contributed by atoms with Crippen molar-refractivity contribution in [3.63, 3.8) is 0 Å². The van der Waals surface area contributed by atoms with Crippen molar-refractivity contribution < 1.29 is 13.2 Å². The molecule has 0 aliphatic rings. The molecule has 0 heterocycles. The van der Waals surface area contributed by atoms with Crippen molar-refractivity contribution in [2.45, 2.75) is 4.90 Å². The summed E-state index contributed by atoms with van der Waals surface area (Å²) < 4.78 is 27.3. The standard InChI is InChI=1S/C21H16Cl3N3O3S/c22-16-7-9-17(10-8-16)27(31(29,30)18-4-2-1-3-5-18)14-21(28)26-25-13-15-6-11-19(23)20(24)12-15/h1-13H,14H2,(H,26,28)/b25-13+. The number of halogens is 3. The second kappa shape index (κ2) is 10.2. The summed E-state index contributed by atoms with van der Waals surface area (Å²) in [5.74, 6) is -0.634. The molecule has 0 unspecified atom stereocenters. The maximum Gasteiger partial charge on any atom is 0.264 e. The second-order valence-corrected chi connectivity index (χ2v) is 9.38. The SMILES string of the molecule is O=C(CN(c1ccc(Cl)cc1)S(=O)(=O)c1ccccc1)N/N=C/c1ccc(Cl)c(Cl)c1. The highest BCUT2D eigenvalue weighted by Crippen LogP contribution is 2.25. The number of nitrogens with one attached hydrogen (secondary N) is 1. The molecule has 1 amide bonds. The van der Waals surface area contributed by atoms with E-state index in [1.54, 1.807) is 48.5 Å². The molecule has 3 rings (SSSR count). The van der Waals surface area contributed by atoms with Crippen molar-refractivity contribution in [1.29, 1.82) is 0 Å². The number of anilines is 1. The fraction of sp³-hybridized carbons (Fsp3) is 0.0476. The van der Waals surface area contributed by atoms with Gasteiger partial charge in [-0.3, -0.25) is 9.10 Å². The van der Waals surface area contributed by atoms with Crippen LogP contribution in [0.4, 0.5) is 5.69 Å². The van der Waals surface area contributed by atoms with Gasteiger partial charge < -0.3 is 0 Å². The molecule has 0 spiro atoms. The smallest absolute Gasteiger partial charge is 0.264 e. The Kier molecular flexibility index (Phi) is 7.56. The molecule has 0 aromatic heterocycles. The molecule has 1 N–H and O–H groups in total. The molecule has 10 heteroatoms. The summed E-state index contributed by atoms with van der Waals surface area (Å²) in [6.07, 6.45) is 1.37. The summed E-state index contributed by atoms with van der Waals surface area (Å²) in [5, 5.41) is 5.04. The number of sulfonamides is 1. The lowest BCUT2D eigenvalue weighted by atomic mass is 10.2. The summed E-state index contributed by atoms with van der Waals surface area (Å²) in [6, 6.07) is 18.8. The van der Waals surface area contributed by atoms with E-state index < -0.39 is 22.5 Å². The molecule has 160 valence electrons. The van der Waals surface area contributed by atoms with E-state index in [4.69, 9.17) is 34.8 Å². The summed E-state index contributed by atoms with van der Waals surface area (Å²) in [7, 11) is -4.00. The van der Waals surface area contributed by atoms with E-state index in [1.807, 2.05) is 0 Å². The maximum atomic E-state index is 13.2. The molecule has 0 bridgehead atoms. The van der Waals surface area contributed by atoms with E-state index in [-0.39, 0.29) is 10.6 Å². The molecule has 6 nitrogen and oxygen atoms in total. The summed E-state index contributed by atoms with van der Waals surface area (Å²) in [5.41, 5.74) is 3.22. The summed E-state index contributed by atoms with van der Waals surface area (Å²) >= 11 is 17.7. The number of hydrazone groups is 1. The zero-order valence-electron chi connectivity index (χ0n) is 15.9. The van der Waals surface area contributed by atoms with Crippen molar-refractivity contribution in [2.75, 3.05) is 10.8 Å². The predicted octanol–water partition coefficient (Wildman–Crippen LogP) is 4.99. The van der Waals surface area contributed by atoms with Crippen molar-refractivity contribution in [3.05, 3.63) is 93.4 Å². The van der Waals surface area contributed by atoms with Crippen LogP contribution in [-0.4, -0.2) is 27.1 Å². The fourth-order valence-electron chi connectivity index (χ4n) is 2.58. The highest BCUT2D eigenvalue weighted by molar-refractivity contribution is 7.92. The Morgan fingerprint density at radius 3 is 2.26 bits per heavy atom. The molecule has 0 atom stereocenters. The minimum absolute atomic E-state index is 0.0528. The first-order valence-electron chi connectivity index (χ1n) is 8.88. The molecule has 0 saturated heterocycles. The predicted molar refractivity (Wildman–Crippen MR) is 125 cm³/mol. The van der Waals surface area contributed by atoms with Crippen LogP contribution in [0.15, 0.2) is 82.8 Å². The van der Waals surface area contributed by atoms with Crippen LogP contribution in [0.3, 0.4) is 0 Å². The van der Waals surface area contributed by atoms with E-state index in [2.05, 4.69) is 10.5 Å². The molecule has 3 aromatic carbocycles. The Hall–Kier alpha value is -2.58. The normalized spacial score (nSPS) is 11.5. The zero-order chi connectivity index (χ0) is 22.4. The van der Waals surface area contributed by atoms with Gasteiger partial charge in [-0.25, -0.2) is 13.8 Å². The number of carbonyl (C=O) groups excluding carboxylic acids is 1. The molecule has 0 aliphatic carbocycles. The number of hydrogen-bond acceptors (Lipinski definition) is 4. The Bertz CT molecular complexity index is 1200. The topological polar surface area (TPSA) is 78.8 Å². The lowest BCUT2D eigenvalue weighted by molar-refractivity contribution is -0.119. The van der Waals surface area contributed by atoms with Crippen molar-refractivity contribution >= 4 is 62.6 Å². The Morgan fingerprint density at radius 1 is 0.935 bits per heavy atom. The number of carbonyl (C=O) groups is 1. The van der Waals surface area contributed by atoms with Crippen LogP contribution < -0.4 is 9.73 Å². The average molecular weight is 497 g/mol. The van der Waals surface area contributed by atoms with Gasteiger partial charge in [-0.15, -0.1) is 0 Å². The Morgan fingerprint density at radius 2 is 1.61 bits per heavy atom. The van der Waals surface area contributed by atoms with Crippen LogP contribution in [0.1, 0.15) is 5.56 Å². The second-order valence-electron chi connectivity index (χ2n) is 6.27. The van der Waals surface area contributed by atoms with Crippen LogP contribution in [0.25, 0.3) is 0 Å². The largest absolute Gasteiger partial charge is 0.271 e. The monoisotopic (exact) mass is 495 g/mol. The van der Waals surface area contributed by atoms with Gasteiger partial charge in [0.15, 0.2) is 0 Å². The van der Waals surface area contributed by atoms with E-state index in [9.17, 15) is 13.2 Å². The van der Waals surface area contributed by atoms with Gasteiger partial charge >= 0.3 is 0 Å². The number of hydrogen-bond donors (Lipinski definition) is 1. The number of benzene rings is 3. The quantitative estimate of drug-likeness (QED) is 0.370.